The van der Waals surface area contributed by atoms with Crippen LogP contribution in [0.4, 0.5) is 34.6 Å². The van der Waals surface area contributed by atoms with Gasteiger partial charge in [0.2, 0.25) is 5.91 Å². The SMILES string of the molecule is O=C(Nc1ccc(NC(=O)C(F)(F)F)c(Cl)c1)c1cc(NC(=O)[C@H]2[C@H](c3ccc(F)c(Cl)c3)C2(Cl)Cl)ccc1Cl. The van der Waals surface area contributed by atoms with Crippen LogP contribution < -0.4 is 16.0 Å². The molecule has 0 bridgehead atoms. The summed E-state index contributed by atoms with van der Waals surface area (Å²) in [5, 5.41) is 6.31. The largest absolute Gasteiger partial charge is 0.471 e. The van der Waals surface area contributed by atoms with Gasteiger partial charge in [-0.2, -0.15) is 13.2 Å². The quantitative estimate of drug-likeness (QED) is 0.185. The molecule has 4 rings (SSSR count). The van der Waals surface area contributed by atoms with Crippen LogP contribution in [0.1, 0.15) is 21.8 Å². The third kappa shape index (κ3) is 6.42. The van der Waals surface area contributed by atoms with Crippen LogP contribution in [-0.4, -0.2) is 28.2 Å². The monoisotopic (exact) mass is 655 g/mol. The van der Waals surface area contributed by atoms with E-state index >= 15 is 0 Å². The number of halogens is 9. The highest BCUT2D eigenvalue weighted by atomic mass is 35.5. The lowest BCUT2D eigenvalue weighted by atomic mass is 10.1. The Hall–Kier alpha value is -2.76. The molecule has 0 heterocycles. The van der Waals surface area contributed by atoms with Gasteiger partial charge >= 0.3 is 12.1 Å². The molecule has 0 aliphatic heterocycles. The van der Waals surface area contributed by atoms with E-state index in [1.54, 1.807) is 5.32 Å². The molecule has 1 saturated carbocycles. The number of nitrogens with one attached hydrogen (secondary N) is 3. The van der Waals surface area contributed by atoms with E-state index in [-0.39, 0.29) is 37.7 Å². The van der Waals surface area contributed by atoms with Crippen LogP contribution in [0.3, 0.4) is 0 Å². The van der Waals surface area contributed by atoms with Crippen LogP contribution in [-0.2, 0) is 9.59 Å². The van der Waals surface area contributed by atoms with Gasteiger partial charge in [-0.05, 0) is 54.1 Å². The Morgan fingerprint density at radius 2 is 1.43 bits per heavy atom. The van der Waals surface area contributed by atoms with Crippen molar-refractivity contribution in [3.63, 3.8) is 0 Å². The number of carbonyl (C=O) groups is 3. The lowest BCUT2D eigenvalue weighted by Gasteiger charge is -2.12. The van der Waals surface area contributed by atoms with Crippen molar-refractivity contribution >= 4 is 92.8 Å². The van der Waals surface area contributed by atoms with Gasteiger partial charge in [0.05, 0.1) is 32.2 Å². The molecule has 0 unspecified atom stereocenters. The second kappa shape index (κ2) is 11.3. The molecule has 0 saturated heterocycles. The van der Waals surface area contributed by atoms with Crippen LogP contribution in [0, 0.1) is 11.7 Å². The Labute approximate surface area is 248 Å². The molecule has 3 amide bonds. The van der Waals surface area contributed by atoms with Crippen LogP contribution >= 0.6 is 58.0 Å². The first kappa shape index (κ1) is 30.2. The van der Waals surface area contributed by atoms with Crippen molar-refractivity contribution in [1.29, 1.82) is 0 Å². The van der Waals surface area contributed by atoms with Gasteiger partial charge in [0.1, 0.15) is 10.2 Å². The maximum absolute atomic E-state index is 13.5. The molecule has 1 aliphatic carbocycles. The van der Waals surface area contributed by atoms with Crippen molar-refractivity contribution in [2.75, 3.05) is 16.0 Å². The number of anilines is 3. The van der Waals surface area contributed by atoms with Crippen LogP contribution in [0.2, 0.25) is 15.1 Å². The fourth-order valence-electron chi connectivity index (χ4n) is 3.86. The van der Waals surface area contributed by atoms with Crippen LogP contribution in [0.25, 0.3) is 0 Å². The van der Waals surface area contributed by atoms with Gasteiger partial charge < -0.3 is 16.0 Å². The van der Waals surface area contributed by atoms with Gasteiger partial charge in [-0.15, -0.1) is 23.2 Å². The number of alkyl halides is 5. The average Bonchev–Trinajstić information content (AvgIpc) is 3.44. The van der Waals surface area contributed by atoms with Crippen molar-refractivity contribution in [3.05, 3.63) is 86.6 Å². The second-order valence-electron chi connectivity index (χ2n) is 8.59. The Bertz CT molecular complexity index is 1530. The minimum absolute atomic E-state index is 0.0185. The topological polar surface area (TPSA) is 87.3 Å². The first-order valence-electron chi connectivity index (χ1n) is 11.0. The lowest BCUT2D eigenvalue weighted by Crippen LogP contribution is -2.30. The number of carbonyl (C=O) groups excluding carboxylic acids is 3. The van der Waals surface area contributed by atoms with Crippen molar-refractivity contribution in [1.82, 2.24) is 0 Å². The Balaban J connectivity index is 1.46. The summed E-state index contributed by atoms with van der Waals surface area (Å²) in [7, 11) is 0. The maximum Gasteiger partial charge on any atom is 0.471 e. The summed E-state index contributed by atoms with van der Waals surface area (Å²) < 4.78 is 49.5. The molecule has 1 fully saturated rings. The molecule has 0 radical (unpaired) electrons. The molecular weight excluding hydrogens is 644 g/mol. The standard InChI is InChI=1S/C25H14Cl5F4N3O3/c26-14-4-2-11(36-22(39)20-19(24(20,29)30)10-1-5-17(31)15(27)7-10)8-13(14)21(38)35-12-3-6-18(16(28)9-12)37-23(40)25(32,33)34/h1-9,19-20H,(H,35,38)(H,36,39)(H,37,40)/t19-,20+/m0/s1. The first-order valence-corrected chi connectivity index (χ1v) is 12.9. The van der Waals surface area contributed by atoms with Gasteiger partial charge in [-0.25, -0.2) is 4.39 Å². The van der Waals surface area contributed by atoms with Gasteiger partial charge in [0.25, 0.3) is 5.91 Å². The van der Waals surface area contributed by atoms with E-state index in [9.17, 15) is 31.9 Å². The molecule has 3 aromatic carbocycles. The van der Waals surface area contributed by atoms with Crippen LogP contribution in [0.15, 0.2) is 54.6 Å². The van der Waals surface area contributed by atoms with E-state index in [0.717, 1.165) is 18.2 Å². The third-order valence-corrected chi connectivity index (χ3v) is 7.72. The van der Waals surface area contributed by atoms with Crippen molar-refractivity contribution in [3.8, 4) is 0 Å². The molecule has 15 heteroatoms. The number of hydrogen-bond donors (Lipinski definition) is 3. The maximum atomic E-state index is 13.5. The zero-order valence-corrected chi connectivity index (χ0v) is 23.3. The van der Waals surface area contributed by atoms with E-state index in [2.05, 4.69) is 10.6 Å². The molecule has 1 aliphatic rings. The van der Waals surface area contributed by atoms with Gasteiger partial charge in [0, 0.05) is 17.3 Å². The molecule has 40 heavy (non-hydrogen) atoms. The first-order chi connectivity index (χ1) is 18.6. The van der Waals surface area contributed by atoms with Crippen molar-refractivity contribution in [2.24, 2.45) is 5.92 Å². The number of hydrogen-bond acceptors (Lipinski definition) is 3. The smallest absolute Gasteiger partial charge is 0.326 e. The Morgan fingerprint density at radius 1 is 0.775 bits per heavy atom. The van der Waals surface area contributed by atoms with Crippen molar-refractivity contribution < 1.29 is 31.9 Å². The average molecular weight is 658 g/mol. The van der Waals surface area contributed by atoms with E-state index in [1.165, 1.54) is 36.4 Å². The molecule has 6 nitrogen and oxygen atoms in total. The summed E-state index contributed by atoms with van der Waals surface area (Å²) in [5.74, 6) is -5.75. The summed E-state index contributed by atoms with van der Waals surface area (Å²) >= 11 is 30.6. The fraction of sp³-hybridized carbons (Fsp3) is 0.160. The zero-order chi connectivity index (χ0) is 29.6. The second-order valence-corrected chi connectivity index (χ2v) is 11.3. The normalized spacial score (nSPS) is 17.6. The number of rotatable bonds is 6. The number of amides is 3. The molecule has 0 aromatic heterocycles. The third-order valence-electron chi connectivity index (χ3n) is 5.85. The summed E-state index contributed by atoms with van der Waals surface area (Å²) in [5.41, 5.74) is 0.342. The highest BCUT2D eigenvalue weighted by Crippen LogP contribution is 2.65. The highest BCUT2D eigenvalue weighted by Gasteiger charge is 2.67. The van der Waals surface area contributed by atoms with Crippen LogP contribution in [0.5, 0.6) is 0 Å². The minimum atomic E-state index is -5.11. The van der Waals surface area contributed by atoms with Crippen molar-refractivity contribution in [2.45, 2.75) is 16.4 Å². The molecule has 3 aromatic rings. The molecule has 0 spiro atoms. The molecule has 3 N–H and O–H groups in total. The highest BCUT2D eigenvalue weighted by molar-refractivity contribution is 6.53. The van der Waals surface area contributed by atoms with Gasteiger partial charge in [-0.1, -0.05) is 40.9 Å². The van der Waals surface area contributed by atoms with E-state index in [1.807, 2.05) is 0 Å². The molecule has 2 atom stereocenters. The van der Waals surface area contributed by atoms with E-state index in [4.69, 9.17) is 58.0 Å². The van der Waals surface area contributed by atoms with Gasteiger partial charge in [0.15, 0.2) is 0 Å². The lowest BCUT2D eigenvalue weighted by molar-refractivity contribution is -0.167. The predicted octanol–water partition coefficient (Wildman–Crippen LogP) is 8.07. The Kier molecular flexibility index (Phi) is 8.50. The summed E-state index contributed by atoms with van der Waals surface area (Å²) in [4.78, 5) is 37.0. The summed E-state index contributed by atoms with van der Waals surface area (Å²) in [6.07, 6.45) is -5.11. The summed E-state index contributed by atoms with van der Waals surface area (Å²) in [6, 6.07) is 11.4. The Morgan fingerprint density at radius 3 is 2.05 bits per heavy atom. The molecular formula is C25H14Cl5F4N3O3. The number of benzene rings is 3. The fourth-order valence-corrected chi connectivity index (χ4v) is 5.30. The van der Waals surface area contributed by atoms with E-state index < -0.39 is 45.9 Å². The van der Waals surface area contributed by atoms with Gasteiger partial charge in [-0.3, -0.25) is 14.4 Å². The predicted molar refractivity (Wildman–Crippen MR) is 146 cm³/mol. The molecule has 210 valence electrons. The minimum Gasteiger partial charge on any atom is -0.326 e. The summed E-state index contributed by atoms with van der Waals surface area (Å²) in [6.45, 7) is 0. The zero-order valence-electron chi connectivity index (χ0n) is 19.5. The van der Waals surface area contributed by atoms with E-state index in [0.29, 0.717) is 5.56 Å².